The SMILES string of the molecule is COc1ccc(-c2cnc(N)c3c(-c4ccc(NC(=O)Nc5cccc(C)c5)cc4)csc23)cc1. The predicted molar refractivity (Wildman–Crippen MR) is 145 cm³/mol. The first-order valence-electron chi connectivity index (χ1n) is 11.1. The molecule has 0 unspecified atom stereocenters. The summed E-state index contributed by atoms with van der Waals surface area (Å²) in [6.07, 6.45) is 1.82. The van der Waals surface area contributed by atoms with E-state index in [0.717, 1.165) is 49.3 Å². The first kappa shape index (κ1) is 22.4. The fraction of sp³-hybridized carbons (Fsp3) is 0.0714. The molecule has 174 valence electrons. The van der Waals surface area contributed by atoms with Crippen LogP contribution in [0.1, 0.15) is 5.56 Å². The van der Waals surface area contributed by atoms with Gasteiger partial charge in [-0.1, -0.05) is 36.4 Å². The van der Waals surface area contributed by atoms with Crippen LogP contribution in [0.2, 0.25) is 0 Å². The largest absolute Gasteiger partial charge is 0.497 e. The molecule has 0 atom stereocenters. The van der Waals surface area contributed by atoms with Gasteiger partial charge in [0.2, 0.25) is 0 Å². The molecule has 5 rings (SSSR count). The molecule has 0 spiro atoms. The quantitative estimate of drug-likeness (QED) is 0.249. The van der Waals surface area contributed by atoms with Gasteiger partial charge in [0, 0.05) is 38.8 Å². The number of thiophene rings is 1. The molecule has 2 amide bonds. The van der Waals surface area contributed by atoms with Gasteiger partial charge in [0.15, 0.2) is 0 Å². The van der Waals surface area contributed by atoms with Crippen molar-refractivity contribution in [3.8, 4) is 28.0 Å². The number of pyridine rings is 1. The van der Waals surface area contributed by atoms with E-state index in [1.807, 2.05) is 85.9 Å². The summed E-state index contributed by atoms with van der Waals surface area (Å²) in [4.78, 5) is 16.9. The minimum atomic E-state index is -0.290. The van der Waals surface area contributed by atoms with Crippen LogP contribution in [0, 0.1) is 6.92 Å². The van der Waals surface area contributed by atoms with Crippen LogP contribution in [0.5, 0.6) is 5.75 Å². The van der Waals surface area contributed by atoms with E-state index in [-0.39, 0.29) is 6.03 Å². The Labute approximate surface area is 207 Å². The van der Waals surface area contributed by atoms with Crippen LogP contribution in [-0.4, -0.2) is 18.1 Å². The van der Waals surface area contributed by atoms with Gasteiger partial charge in [0.25, 0.3) is 0 Å². The third-order valence-corrected chi connectivity index (χ3v) is 6.77. The van der Waals surface area contributed by atoms with E-state index in [1.165, 1.54) is 0 Å². The van der Waals surface area contributed by atoms with E-state index in [4.69, 9.17) is 10.5 Å². The number of fused-ring (bicyclic) bond motifs is 1. The van der Waals surface area contributed by atoms with Crippen molar-refractivity contribution in [1.82, 2.24) is 4.98 Å². The highest BCUT2D eigenvalue weighted by Crippen LogP contribution is 2.42. The standard InChI is InChI=1S/C28H24N4O2S/c1-17-4-3-5-21(14-17)32-28(33)31-20-10-6-19(7-11-20)24-16-35-26-23(15-30-27(29)25(24)26)18-8-12-22(34-2)13-9-18/h3-16H,1-2H3,(H2,29,30)(H2,31,32,33). The number of benzene rings is 3. The molecule has 0 bridgehead atoms. The maximum absolute atomic E-state index is 12.4. The van der Waals surface area contributed by atoms with E-state index in [2.05, 4.69) is 21.0 Å². The lowest BCUT2D eigenvalue weighted by Crippen LogP contribution is -2.19. The Morgan fingerprint density at radius 1 is 0.914 bits per heavy atom. The van der Waals surface area contributed by atoms with Crippen LogP contribution in [0.25, 0.3) is 32.3 Å². The monoisotopic (exact) mass is 480 g/mol. The van der Waals surface area contributed by atoms with Crippen LogP contribution in [0.3, 0.4) is 0 Å². The number of aromatic nitrogens is 1. The molecule has 0 aliphatic rings. The number of hydrogen-bond donors (Lipinski definition) is 3. The summed E-state index contributed by atoms with van der Waals surface area (Å²) in [5.74, 6) is 1.30. The van der Waals surface area contributed by atoms with Gasteiger partial charge in [0.05, 0.1) is 7.11 Å². The van der Waals surface area contributed by atoms with Crippen molar-refractivity contribution in [2.75, 3.05) is 23.5 Å². The van der Waals surface area contributed by atoms with Gasteiger partial charge >= 0.3 is 6.03 Å². The minimum absolute atomic E-state index is 0.290. The number of nitrogens with one attached hydrogen (secondary N) is 2. The van der Waals surface area contributed by atoms with Crippen LogP contribution in [-0.2, 0) is 0 Å². The summed E-state index contributed by atoms with van der Waals surface area (Å²) in [5.41, 5.74) is 12.9. The molecular weight excluding hydrogens is 456 g/mol. The van der Waals surface area contributed by atoms with Crippen LogP contribution in [0.15, 0.2) is 84.4 Å². The minimum Gasteiger partial charge on any atom is -0.497 e. The first-order valence-corrected chi connectivity index (χ1v) is 11.9. The van der Waals surface area contributed by atoms with Crippen molar-refractivity contribution in [2.45, 2.75) is 6.92 Å². The Morgan fingerprint density at radius 3 is 2.31 bits per heavy atom. The number of ether oxygens (including phenoxy) is 1. The molecule has 0 saturated heterocycles. The lowest BCUT2D eigenvalue weighted by atomic mass is 10.0. The van der Waals surface area contributed by atoms with E-state index in [9.17, 15) is 4.79 Å². The summed E-state index contributed by atoms with van der Waals surface area (Å²) in [6.45, 7) is 1.98. The van der Waals surface area contributed by atoms with Gasteiger partial charge in [-0.15, -0.1) is 11.3 Å². The number of nitrogens with zero attached hydrogens (tertiary/aromatic N) is 1. The van der Waals surface area contributed by atoms with Gasteiger partial charge in [-0.2, -0.15) is 0 Å². The zero-order chi connectivity index (χ0) is 24.4. The predicted octanol–water partition coefficient (Wildman–Crippen LogP) is 7.17. The second-order valence-corrected chi connectivity index (χ2v) is 9.04. The van der Waals surface area contributed by atoms with Gasteiger partial charge in [0.1, 0.15) is 11.6 Å². The summed E-state index contributed by atoms with van der Waals surface area (Å²) in [6, 6.07) is 23.0. The fourth-order valence-corrected chi connectivity index (χ4v) is 5.13. The second kappa shape index (κ2) is 9.48. The number of nitrogens with two attached hydrogens (primary N) is 1. The highest BCUT2D eigenvalue weighted by atomic mass is 32.1. The molecule has 0 radical (unpaired) electrons. The molecule has 0 fully saturated rings. The lowest BCUT2D eigenvalue weighted by molar-refractivity contribution is 0.262. The number of aryl methyl sites for hydroxylation is 1. The highest BCUT2D eigenvalue weighted by molar-refractivity contribution is 7.18. The van der Waals surface area contributed by atoms with Crippen LogP contribution >= 0.6 is 11.3 Å². The van der Waals surface area contributed by atoms with E-state index in [0.29, 0.717) is 11.5 Å². The number of methoxy groups -OCH3 is 1. The number of anilines is 3. The Kier molecular flexibility index (Phi) is 6.08. The van der Waals surface area contributed by atoms with Crippen molar-refractivity contribution in [3.05, 3.63) is 89.9 Å². The molecule has 5 aromatic rings. The zero-order valence-electron chi connectivity index (χ0n) is 19.3. The van der Waals surface area contributed by atoms with E-state index in [1.54, 1.807) is 18.4 Å². The lowest BCUT2D eigenvalue weighted by Gasteiger charge is -2.10. The number of urea groups is 1. The van der Waals surface area contributed by atoms with Crippen molar-refractivity contribution in [3.63, 3.8) is 0 Å². The van der Waals surface area contributed by atoms with E-state index >= 15 is 0 Å². The zero-order valence-corrected chi connectivity index (χ0v) is 20.1. The van der Waals surface area contributed by atoms with Gasteiger partial charge in [-0.25, -0.2) is 9.78 Å². The van der Waals surface area contributed by atoms with Gasteiger partial charge < -0.3 is 21.1 Å². The molecule has 0 saturated carbocycles. The average molecular weight is 481 g/mol. The second-order valence-electron chi connectivity index (χ2n) is 8.17. The van der Waals surface area contributed by atoms with Crippen molar-refractivity contribution in [2.24, 2.45) is 0 Å². The molecule has 4 N–H and O–H groups in total. The third kappa shape index (κ3) is 4.67. The third-order valence-electron chi connectivity index (χ3n) is 5.76. The molecule has 35 heavy (non-hydrogen) atoms. The molecule has 2 heterocycles. The number of hydrogen-bond acceptors (Lipinski definition) is 5. The van der Waals surface area contributed by atoms with E-state index < -0.39 is 0 Å². The van der Waals surface area contributed by atoms with Crippen LogP contribution < -0.4 is 21.1 Å². The summed E-state index contributed by atoms with van der Waals surface area (Å²) >= 11 is 1.64. The molecule has 0 aliphatic carbocycles. The topological polar surface area (TPSA) is 89.3 Å². The Bertz CT molecular complexity index is 1510. The molecule has 2 aromatic heterocycles. The smallest absolute Gasteiger partial charge is 0.323 e. The molecule has 7 heteroatoms. The number of amides is 2. The summed E-state index contributed by atoms with van der Waals surface area (Å²) in [5, 5.41) is 8.76. The molecular formula is C28H24N4O2S. The molecule has 3 aromatic carbocycles. The number of carbonyl (C=O) groups is 1. The fourth-order valence-electron chi connectivity index (χ4n) is 4.01. The van der Waals surface area contributed by atoms with Gasteiger partial charge in [-0.3, -0.25) is 0 Å². The first-order chi connectivity index (χ1) is 17.0. The molecule has 6 nitrogen and oxygen atoms in total. The number of rotatable bonds is 5. The number of nitrogen functional groups attached to an aromatic ring is 1. The van der Waals surface area contributed by atoms with Crippen molar-refractivity contribution in [1.29, 1.82) is 0 Å². The summed E-state index contributed by atoms with van der Waals surface area (Å²) < 4.78 is 6.36. The normalized spacial score (nSPS) is 10.8. The maximum Gasteiger partial charge on any atom is 0.323 e. The highest BCUT2D eigenvalue weighted by Gasteiger charge is 2.15. The Balaban J connectivity index is 1.40. The van der Waals surface area contributed by atoms with Gasteiger partial charge in [-0.05, 0) is 65.4 Å². The molecule has 0 aliphatic heterocycles. The maximum atomic E-state index is 12.4. The summed E-state index contributed by atoms with van der Waals surface area (Å²) in [7, 11) is 1.65. The number of carbonyl (C=O) groups excluding carboxylic acids is 1. The van der Waals surface area contributed by atoms with Crippen molar-refractivity contribution >= 4 is 44.6 Å². The Morgan fingerprint density at radius 2 is 1.60 bits per heavy atom. The average Bonchev–Trinajstić information content (AvgIpc) is 3.31. The van der Waals surface area contributed by atoms with Crippen LogP contribution in [0.4, 0.5) is 22.0 Å². The Hall–Kier alpha value is -4.36. The van der Waals surface area contributed by atoms with Crippen molar-refractivity contribution < 1.29 is 9.53 Å².